The first kappa shape index (κ1) is 20.5. The third-order valence-corrected chi connectivity index (χ3v) is 4.55. The molecule has 0 radical (unpaired) electrons. The van der Waals surface area contributed by atoms with E-state index in [0.717, 1.165) is 42.0 Å². The zero-order chi connectivity index (χ0) is 18.8. The van der Waals surface area contributed by atoms with Gasteiger partial charge in [0.05, 0.1) is 21.6 Å². The van der Waals surface area contributed by atoms with Crippen LogP contribution in [0.3, 0.4) is 0 Å². The van der Waals surface area contributed by atoms with Crippen LogP contribution in [-0.2, 0) is 4.74 Å². The van der Waals surface area contributed by atoms with Gasteiger partial charge in [-0.2, -0.15) is 0 Å². The molecule has 2 N–H and O–H groups in total. The molecule has 138 valence electrons. The molecule has 0 aliphatic heterocycles. The predicted octanol–water partition coefficient (Wildman–Crippen LogP) is 6.54. The van der Waals surface area contributed by atoms with E-state index in [2.05, 4.69) is 10.6 Å². The van der Waals surface area contributed by atoms with Gasteiger partial charge < -0.3 is 10.1 Å². The van der Waals surface area contributed by atoms with Crippen LogP contribution in [0.2, 0.25) is 10.0 Å². The minimum absolute atomic E-state index is 0.381. The summed E-state index contributed by atoms with van der Waals surface area (Å²) in [5.41, 5.74) is 1.54. The molecule has 26 heavy (non-hydrogen) atoms. The van der Waals surface area contributed by atoms with Crippen molar-refractivity contribution < 1.29 is 9.53 Å². The molecule has 0 bridgehead atoms. The van der Waals surface area contributed by atoms with E-state index in [9.17, 15) is 4.79 Å². The highest BCUT2D eigenvalue weighted by Gasteiger charge is 2.04. The summed E-state index contributed by atoms with van der Waals surface area (Å²) in [6, 6.07) is 14.5. The number of nitrogens with one attached hydrogen (secondary N) is 2. The number of benzene rings is 2. The molecule has 0 spiro atoms. The highest BCUT2D eigenvalue weighted by molar-refractivity contribution is 7.80. The molecule has 4 nitrogen and oxygen atoms in total. The third kappa shape index (κ3) is 7.60. The number of hydrogen-bond acceptors (Lipinski definition) is 3. The fourth-order valence-corrected chi connectivity index (χ4v) is 2.76. The first-order valence-corrected chi connectivity index (χ1v) is 9.45. The summed E-state index contributed by atoms with van der Waals surface area (Å²) in [4.78, 5) is 12.4. The Labute approximate surface area is 168 Å². The van der Waals surface area contributed by atoms with Crippen molar-refractivity contribution >= 4 is 57.9 Å². The van der Waals surface area contributed by atoms with Crippen molar-refractivity contribution in [3.05, 3.63) is 58.6 Å². The summed E-state index contributed by atoms with van der Waals surface area (Å²) in [6.07, 6.45) is 2.94. The van der Waals surface area contributed by atoms with Gasteiger partial charge in [-0.25, -0.2) is 4.79 Å². The molecule has 0 aliphatic rings. The molecule has 0 heterocycles. The molecule has 0 saturated carbocycles. The maximum atomic E-state index is 11.6. The Morgan fingerprint density at radius 1 is 0.923 bits per heavy atom. The van der Waals surface area contributed by atoms with E-state index in [0.29, 0.717) is 16.7 Å². The Hall–Kier alpha value is -1.82. The number of halogens is 2. The van der Waals surface area contributed by atoms with Crippen LogP contribution in [0.1, 0.15) is 25.7 Å². The number of carbonyl (C=O) groups is 1. The topological polar surface area (TPSA) is 50.4 Å². The van der Waals surface area contributed by atoms with Crippen molar-refractivity contribution in [1.82, 2.24) is 0 Å². The molecule has 2 aromatic rings. The smallest absolute Gasteiger partial charge is 0.411 e. The Morgan fingerprint density at radius 2 is 1.69 bits per heavy atom. The van der Waals surface area contributed by atoms with Gasteiger partial charge in [-0.05, 0) is 56.0 Å². The first-order valence-electron chi connectivity index (χ1n) is 8.28. The van der Waals surface area contributed by atoms with E-state index in [-0.39, 0.29) is 0 Å². The zero-order valence-electron chi connectivity index (χ0n) is 14.1. The lowest BCUT2D eigenvalue weighted by Crippen LogP contribution is -2.14. The summed E-state index contributed by atoms with van der Waals surface area (Å²) in [7, 11) is 0. The molecule has 2 rings (SSSR count). The molecule has 0 aliphatic carbocycles. The van der Waals surface area contributed by atoms with Crippen LogP contribution < -0.4 is 10.6 Å². The number of unbranched alkanes of at least 4 members (excludes halogenated alkanes) is 2. The lowest BCUT2D eigenvalue weighted by Gasteiger charge is -2.09. The number of amides is 1. The van der Waals surface area contributed by atoms with E-state index in [1.807, 2.05) is 36.4 Å². The number of carbonyl (C=O) groups excluding carboxylic acids is 1. The second-order valence-electron chi connectivity index (χ2n) is 5.61. The van der Waals surface area contributed by atoms with E-state index in [1.54, 1.807) is 12.1 Å². The first-order chi connectivity index (χ1) is 12.5. The normalized spacial score (nSPS) is 10.2. The lowest BCUT2D eigenvalue weighted by atomic mass is 10.2. The predicted molar refractivity (Wildman–Crippen MR) is 113 cm³/mol. The molecular formula is C19H20Cl2N2O2S. The number of rotatable bonds is 8. The van der Waals surface area contributed by atoms with Gasteiger partial charge in [-0.15, -0.1) is 0 Å². The van der Waals surface area contributed by atoms with Crippen molar-refractivity contribution in [2.75, 3.05) is 17.2 Å². The second kappa shape index (κ2) is 11.0. The number of hydrogen-bond donors (Lipinski definition) is 2. The van der Waals surface area contributed by atoms with E-state index in [4.69, 9.17) is 40.2 Å². The molecule has 2 aromatic carbocycles. The molecule has 0 saturated heterocycles. The van der Waals surface area contributed by atoms with Crippen LogP contribution in [0.4, 0.5) is 16.2 Å². The van der Waals surface area contributed by atoms with Crippen LogP contribution in [0.5, 0.6) is 0 Å². The van der Waals surface area contributed by atoms with Gasteiger partial charge >= 0.3 is 6.09 Å². The monoisotopic (exact) mass is 410 g/mol. The average molecular weight is 411 g/mol. The minimum atomic E-state index is -0.437. The van der Waals surface area contributed by atoms with Crippen LogP contribution in [0.15, 0.2) is 48.5 Å². The van der Waals surface area contributed by atoms with Crippen molar-refractivity contribution in [3.63, 3.8) is 0 Å². The summed E-state index contributed by atoms with van der Waals surface area (Å²) in [5, 5.41) is 6.82. The standard InChI is InChI=1S/C19H20Cl2N2O2S/c20-16-11-10-15(13-17(16)21)22-18(26)9-5-2-6-12-25-19(24)23-14-7-3-1-4-8-14/h1,3-4,7-8,10-11,13H,2,5-6,9,12H2,(H,22,26)(H,23,24). The van der Waals surface area contributed by atoms with Crippen LogP contribution >= 0.6 is 35.4 Å². The summed E-state index contributed by atoms with van der Waals surface area (Å²) >= 11 is 17.2. The van der Waals surface area contributed by atoms with Crippen molar-refractivity contribution in [1.29, 1.82) is 0 Å². The SMILES string of the molecule is O=C(Nc1ccccc1)OCCCCCC(=S)Nc1ccc(Cl)c(Cl)c1. The van der Waals surface area contributed by atoms with Gasteiger partial charge in [0.15, 0.2) is 0 Å². The molecule has 7 heteroatoms. The minimum Gasteiger partial charge on any atom is -0.449 e. The number of anilines is 2. The third-order valence-electron chi connectivity index (χ3n) is 3.50. The summed E-state index contributed by atoms with van der Waals surface area (Å²) in [6.45, 7) is 0.381. The number of ether oxygens (including phenoxy) is 1. The number of para-hydroxylation sites is 1. The fourth-order valence-electron chi connectivity index (χ4n) is 2.20. The van der Waals surface area contributed by atoms with Gasteiger partial charge in [0.25, 0.3) is 0 Å². The fraction of sp³-hybridized carbons (Fsp3) is 0.263. The van der Waals surface area contributed by atoms with E-state index in [1.165, 1.54) is 0 Å². The van der Waals surface area contributed by atoms with Crippen LogP contribution in [0.25, 0.3) is 0 Å². The lowest BCUT2D eigenvalue weighted by molar-refractivity contribution is 0.159. The highest BCUT2D eigenvalue weighted by atomic mass is 35.5. The van der Waals surface area contributed by atoms with E-state index < -0.39 is 6.09 Å². The molecular weight excluding hydrogens is 391 g/mol. The van der Waals surface area contributed by atoms with Crippen LogP contribution in [0, 0.1) is 0 Å². The summed E-state index contributed by atoms with van der Waals surface area (Å²) < 4.78 is 5.15. The molecule has 0 atom stereocenters. The van der Waals surface area contributed by atoms with Gasteiger partial charge in [0.2, 0.25) is 0 Å². The van der Waals surface area contributed by atoms with Crippen molar-refractivity contribution in [2.24, 2.45) is 0 Å². The largest absolute Gasteiger partial charge is 0.449 e. The Morgan fingerprint density at radius 3 is 2.42 bits per heavy atom. The maximum Gasteiger partial charge on any atom is 0.411 e. The Bertz CT molecular complexity index is 742. The van der Waals surface area contributed by atoms with Gasteiger partial charge in [-0.3, -0.25) is 5.32 Å². The Kier molecular flexibility index (Phi) is 8.68. The highest BCUT2D eigenvalue weighted by Crippen LogP contribution is 2.25. The summed E-state index contributed by atoms with van der Waals surface area (Å²) in [5.74, 6) is 0. The second-order valence-corrected chi connectivity index (χ2v) is 6.92. The van der Waals surface area contributed by atoms with Crippen LogP contribution in [-0.4, -0.2) is 17.7 Å². The van der Waals surface area contributed by atoms with Gasteiger partial charge in [0, 0.05) is 11.4 Å². The van der Waals surface area contributed by atoms with Gasteiger partial charge in [0.1, 0.15) is 0 Å². The average Bonchev–Trinajstić information content (AvgIpc) is 2.62. The Balaban J connectivity index is 1.55. The number of thiocarbonyl (C=S) groups is 1. The van der Waals surface area contributed by atoms with Crippen molar-refractivity contribution in [3.8, 4) is 0 Å². The molecule has 0 unspecified atom stereocenters. The van der Waals surface area contributed by atoms with Gasteiger partial charge in [-0.1, -0.05) is 53.6 Å². The molecule has 1 amide bonds. The zero-order valence-corrected chi connectivity index (χ0v) is 16.5. The molecule has 0 aromatic heterocycles. The van der Waals surface area contributed by atoms with E-state index >= 15 is 0 Å². The van der Waals surface area contributed by atoms with Crippen molar-refractivity contribution in [2.45, 2.75) is 25.7 Å². The maximum absolute atomic E-state index is 11.6. The quantitative estimate of drug-likeness (QED) is 0.382. The molecule has 0 fully saturated rings.